The van der Waals surface area contributed by atoms with Crippen molar-refractivity contribution in [3.8, 4) is 0 Å². The molecule has 14 heavy (non-hydrogen) atoms. The summed E-state index contributed by atoms with van der Waals surface area (Å²) < 4.78 is 5.55. The average molecular weight is 203 g/mol. The van der Waals surface area contributed by atoms with E-state index >= 15 is 0 Å². The minimum atomic E-state index is -0.773. The highest BCUT2D eigenvalue weighted by atomic mass is 16.5. The van der Waals surface area contributed by atoms with Gasteiger partial charge < -0.3 is 15.6 Å². The van der Waals surface area contributed by atoms with E-state index in [-0.39, 0.29) is 11.5 Å². The molecule has 0 aliphatic heterocycles. The summed E-state index contributed by atoms with van der Waals surface area (Å²) in [5.41, 5.74) is 5.18. The fraction of sp³-hybridized carbons (Fsp3) is 0.900. The Morgan fingerprint density at radius 1 is 1.57 bits per heavy atom. The molecule has 0 bridgehead atoms. The van der Waals surface area contributed by atoms with Gasteiger partial charge in [0.1, 0.15) is 0 Å². The van der Waals surface area contributed by atoms with Crippen LogP contribution in [0.15, 0.2) is 0 Å². The maximum atomic E-state index is 10.5. The maximum absolute atomic E-state index is 10.5. The van der Waals surface area contributed by atoms with Gasteiger partial charge in [-0.2, -0.15) is 0 Å². The first-order chi connectivity index (χ1) is 6.39. The molecule has 0 aromatic heterocycles. The number of hydrogen-bond acceptors (Lipinski definition) is 3. The van der Waals surface area contributed by atoms with Crippen molar-refractivity contribution in [2.75, 3.05) is 13.2 Å². The molecule has 0 saturated carbocycles. The van der Waals surface area contributed by atoms with E-state index in [1.807, 2.05) is 13.8 Å². The molecule has 0 aliphatic rings. The fourth-order valence-electron chi connectivity index (χ4n) is 1.06. The second-order valence-electron chi connectivity index (χ2n) is 4.17. The van der Waals surface area contributed by atoms with Crippen molar-refractivity contribution in [1.29, 1.82) is 0 Å². The van der Waals surface area contributed by atoms with Crippen molar-refractivity contribution >= 4 is 5.97 Å². The van der Waals surface area contributed by atoms with E-state index in [2.05, 4.69) is 0 Å². The second kappa shape index (κ2) is 5.98. The topological polar surface area (TPSA) is 72.5 Å². The first-order valence-electron chi connectivity index (χ1n) is 4.96. The summed E-state index contributed by atoms with van der Waals surface area (Å²) >= 11 is 0. The highest BCUT2D eigenvalue weighted by Gasteiger charge is 2.18. The number of aliphatic carboxylic acids is 1. The van der Waals surface area contributed by atoms with E-state index in [0.717, 1.165) is 6.42 Å². The van der Waals surface area contributed by atoms with Gasteiger partial charge in [-0.1, -0.05) is 6.92 Å². The maximum Gasteiger partial charge on any atom is 0.306 e. The van der Waals surface area contributed by atoms with E-state index in [4.69, 9.17) is 15.6 Å². The van der Waals surface area contributed by atoms with Crippen molar-refractivity contribution < 1.29 is 14.6 Å². The Bertz CT molecular complexity index is 180. The van der Waals surface area contributed by atoms with Gasteiger partial charge in [-0.3, -0.25) is 4.79 Å². The molecule has 0 aromatic rings. The summed E-state index contributed by atoms with van der Waals surface area (Å²) in [6.07, 6.45) is 1.33. The molecule has 1 atom stereocenters. The second-order valence-corrected chi connectivity index (χ2v) is 4.17. The van der Waals surface area contributed by atoms with E-state index in [9.17, 15) is 4.79 Å². The third kappa shape index (κ3) is 5.94. The van der Waals surface area contributed by atoms with Gasteiger partial charge in [-0.25, -0.2) is 0 Å². The number of rotatable bonds is 7. The van der Waals surface area contributed by atoms with Crippen LogP contribution < -0.4 is 5.73 Å². The van der Waals surface area contributed by atoms with Crippen LogP contribution in [0, 0.1) is 5.92 Å². The summed E-state index contributed by atoms with van der Waals surface area (Å²) in [6.45, 7) is 6.67. The Morgan fingerprint density at radius 2 is 2.14 bits per heavy atom. The standard InChI is InChI=1S/C10H21NO3/c1-8(9(12)13)4-7-14-10(2,3)5-6-11/h8H,4-7,11H2,1-3H3,(H,12,13). The zero-order valence-corrected chi connectivity index (χ0v) is 9.25. The molecule has 1 unspecified atom stereocenters. The molecule has 3 N–H and O–H groups in total. The first kappa shape index (κ1) is 13.4. The van der Waals surface area contributed by atoms with Crippen molar-refractivity contribution in [3.63, 3.8) is 0 Å². The van der Waals surface area contributed by atoms with Gasteiger partial charge in [0.2, 0.25) is 0 Å². The molecule has 0 rings (SSSR count). The lowest BCUT2D eigenvalue weighted by Gasteiger charge is -2.25. The van der Waals surface area contributed by atoms with Crippen LogP contribution in [0.4, 0.5) is 0 Å². The zero-order valence-electron chi connectivity index (χ0n) is 9.25. The van der Waals surface area contributed by atoms with Crippen molar-refractivity contribution in [2.45, 2.75) is 39.2 Å². The summed E-state index contributed by atoms with van der Waals surface area (Å²) in [7, 11) is 0. The van der Waals surface area contributed by atoms with Gasteiger partial charge in [-0.15, -0.1) is 0 Å². The van der Waals surface area contributed by atoms with Crippen LogP contribution in [0.2, 0.25) is 0 Å². The van der Waals surface area contributed by atoms with E-state index in [1.54, 1.807) is 6.92 Å². The van der Waals surface area contributed by atoms with Gasteiger partial charge in [0.05, 0.1) is 11.5 Å². The zero-order chi connectivity index (χ0) is 11.2. The minimum absolute atomic E-state index is 0.243. The Morgan fingerprint density at radius 3 is 2.57 bits per heavy atom. The third-order valence-corrected chi connectivity index (χ3v) is 2.21. The van der Waals surface area contributed by atoms with E-state index < -0.39 is 5.97 Å². The van der Waals surface area contributed by atoms with Gasteiger partial charge in [0.25, 0.3) is 0 Å². The quantitative estimate of drug-likeness (QED) is 0.653. The predicted molar refractivity (Wildman–Crippen MR) is 55.1 cm³/mol. The number of carboxylic acid groups (broad SMARTS) is 1. The smallest absolute Gasteiger partial charge is 0.306 e. The molecule has 0 fully saturated rings. The number of hydrogen-bond donors (Lipinski definition) is 2. The lowest BCUT2D eigenvalue weighted by atomic mass is 10.0. The van der Waals surface area contributed by atoms with Gasteiger partial charge in [-0.05, 0) is 33.2 Å². The van der Waals surface area contributed by atoms with Gasteiger partial charge in [0.15, 0.2) is 0 Å². The average Bonchev–Trinajstić information content (AvgIpc) is 2.03. The van der Waals surface area contributed by atoms with Crippen LogP contribution in [0.5, 0.6) is 0 Å². The molecular weight excluding hydrogens is 182 g/mol. The Balaban J connectivity index is 3.67. The largest absolute Gasteiger partial charge is 0.481 e. The molecule has 0 aromatic carbocycles. The monoisotopic (exact) mass is 203 g/mol. The normalized spacial score (nSPS) is 14.0. The Labute approximate surface area is 85.4 Å². The van der Waals surface area contributed by atoms with E-state index in [1.165, 1.54) is 0 Å². The number of nitrogens with two attached hydrogens (primary N) is 1. The highest BCUT2D eigenvalue weighted by molar-refractivity contribution is 5.69. The highest BCUT2D eigenvalue weighted by Crippen LogP contribution is 2.14. The van der Waals surface area contributed by atoms with Crippen LogP contribution in [-0.4, -0.2) is 29.8 Å². The molecule has 0 radical (unpaired) electrons. The van der Waals surface area contributed by atoms with E-state index in [0.29, 0.717) is 19.6 Å². The van der Waals surface area contributed by atoms with Crippen molar-refractivity contribution in [3.05, 3.63) is 0 Å². The Hall–Kier alpha value is -0.610. The van der Waals surface area contributed by atoms with Crippen LogP contribution in [0.1, 0.15) is 33.6 Å². The molecule has 4 heteroatoms. The third-order valence-electron chi connectivity index (χ3n) is 2.21. The number of ether oxygens (including phenoxy) is 1. The summed E-state index contributed by atoms with van der Waals surface area (Å²) in [5.74, 6) is -1.12. The SMILES string of the molecule is CC(CCOC(C)(C)CCN)C(=O)O. The van der Waals surface area contributed by atoms with Crippen LogP contribution in [0.3, 0.4) is 0 Å². The fourth-order valence-corrected chi connectivity index (χ4v) is 1.06. The molecule has 4 nitrogen and oxygen atoms in total. The molecule has 0 saturated heterocycles. The first-order valence-corrected chi connectivity index (χ1v) is 4.96. The summed E-state index contributed by atoms with van der Waals surface area (Å²) in [5, 5.41) is 8.64. The van der Waals surface area contributed by atoms with Crippen LogP contribution in [0.25, 0.3) is 0 Å². The Kier molecular flexibility index (Phi) is 5.72. The number of carbonyl (C=O) groups is 1. The molecular formula is C10H21NO3. The minimum Gasteiger partial charge on any atom is -0.481 e. The molecule has 84 valence electrons. The predicted octanol–water partition coefficient (Wildman–Crippen LogP) is 1.24. The molecule has 0 spiro atoms. The molecule has 0 amide bonds. The summed E-state index contributed by atoms with van der Waals surface area (Å²) in [4.78, 5) is 10.5. The number of carboxylic acids is 1. The van der Waals surface area contributed by atoms with Crippen molar-refractivity contribution in [1.82, 2.24) is 0 Å². The van der Waals surface area contributed by atoms with Gasteiger partial charge >= 0.3 is 5.97 Å². The lowest BCUT2D eigenvalue weighted by molar-refractivity contribution is -0.142. The van der Waals surface area contributed by atoms with Crippen LogP contribution in [-0.2, 0) is 9.53 Å². The molecule has 0 aliphatic carbocycles. The van der Waals surface area contributed by atoms with Crippen LogP contribution >= 0.6 is 0 Å². The summed E-state index contributed by atoms with van der Waals surface area (Å²) in [6, 6.07) is 0. The van der Waals surface area contributed by atoms with Gasteiger partial charge in [0, 0.05) is 6.61 Å². The lowest BCUT2D eigenvalue weighted by Crippen LogP contribution is -2.29. The van der Waals surface area contributed by atoms with Crippen molar-refractivity contribution in [2.24, 2.45) is 11.7 Å². The molecule has 0 heterocycles.